The number of aromatic nitrogens is 2. The lowest BCUT2D eigenvalue weighted by molar-refractivity contribution is 0.0778. The molecular formula is C19H25ClN4O2. The summed E-state index contributed by atoms with van der Waals surface area (Å²) in [6.45, 7) is 8.36. The van der Waals surface area contributed by atoms with Gasteiger partial charge < -0.3 is 14.2 Å². The van der Waals surface area contributed by atoms with Crippen LogP contribution in [-0.4, -0.2) is 54.4 Å². The molecule has 2 aliphatic heterocycles. The number of hydrogen-bond donors (Lipinski definition) is 0. The average molecular weight is 377 g/mol. The molecule has 3 heterocycles. The Hall–Kier alpha value is -1.63. The fourth-order valence-electron chi connectivity index (χ4n) is 3.71. The van der Waals surface area contributed by atoms with Crippen molar-refractivity contribution >= 4 is 17.3 Å². The van der Waals surface area contributed by atoms with E-state index in [-0.39, 0.29) is 0 Å². The van der Waals surface area contributed by atoms with Crippen LogP contribution >= 0.6 is 11.6 Å². The Morgan fingerprint density at radius 2 is 1.92 bits per heavy atom. The number of rotatable bonds is 4. The summed E-state index contributed by atoms with van der Waals surface area (Å²) in [6.07, 6.45) is 1.94. The van der Waals surface area contributed by atoms with Crippen molar-refractivity contribution < 1.29 is 9.26 Å². The molecule has 0 amide bonds. The molecule has 140 valence electrons. The fourth-order valence-corrected chi connectivity index (χ4v) is 3.88. The predicted octanol–water partition coefficient (Wildman–Crippen LogP) is 3.25. The van der Waals surface area contributed by atoms with E-state index in [1.54, 1.807) is 0 Å². The smallest absolute Gasteiger partial charge is 0.229 e. The van der Waals surface area contributed by atoms with Crippen LogP contribution < -0.4 is 4.90 Å². The van der Waals surface area contributed by atoms with Gasteiger partial charge in [0.1, 0.15) is 0 Å². The van der Waals surface area contributed by atoms with Crippen LogP contribution in [0, 0.1) is 6.92 Å². The fraction of sp³-hybridized carbons (Fsp3) is 0.579. The van der Waals surface area contributed by atoms with Crippen molar-refractivity contribution in [3.8, 4) is 0 Å². The Bertz CT molecular complexity index is 737. The highest BCUT2D eigenvalue weighted by Gasteiger charge is 2.24. The van der Waals surface area contributed by atoms with E-state index < -0.39 is 0 Å². The molecule has 0 bridgehead atoms. The van der Waals surface area contributed by atoms with E-state index in [1.165, 1.54) is 11.3 Å². The number of aryl methyl sites for hydroxylation is 1. The lowest BCUT2D eigenvalue weighted by atomic mass is 10.0. The maximum Gasteiger partial charge on any atom is 0.229 e. The van der Waals surface area contributed by atoms with Crippen LogP contribution in [0.1, 0.15) is 36.0 Å². The van der Waals surface area contributed by atoms with Gasteiger partial charge in [0.25, 0.3) is 0 Å². The third-order valence-electron chi connectivity index (χ3n) is 5.30. The van der Waals surface area contributed by atoms with E-state index >= 15 is 0 Å². The quantitative estimate of drug-likeness (QED) is 0.816. The minimum atomic E-state index is 0.354. The normalized spacial score (nSPS) is 19.8. The van der Waals surface area contributed by atoms with Gasteiger partial charge in [-0.1, -0.05) is 22.8 Å². The first kappa shape index (κ1) is 17.8. The summed E-state index contributed by atoms with van der Waals surface area (Å²) < 4.78 is 10.9. The summed E-state index contributed by atoms with van der Waals surface area (Å²) in [7, 11) is 0. The number of ether oxygens (including phenoxy) is 1. The molecule has 2 saturated heterocycles. The molecule has 0 N–H and O–H groups in total. The highest BCUT2D eigenvalue weighted by atomic mass is 35.5. The van der Waals surface area contributed by atoms with E-state index in [0.29, 0.717) is 5.92 Å². The second-order valence-electron chi connectivity index (χ2n) is 7.13. The van der Waals surface area contributed by atoms with Crippen LogP contribution in [0.5, 0.6) is 0 Å². The minimum Gasteiger partial charge on any atom is -0.381 e. The van der Waals surface area contributed by atoms with Gasteiger partial charge >= 0.3 is 0 Å². The summed E-state index contributed by atoms with van der Waals surface area (Å²) in [5.74, 6) is 1.92. The summed E-state index contributed by atoms with van der Waals surface area (Å²) in [5, 5.41) is 4.98. The van der Waals surface area contributed by atoms with Crippen LogP contribution in [0.25, 0.3) is 0 Å². The van der Waals surface area contributed by atoms with E-state index in [4.69, 9.17) is 20.9 Å². The largest absolute Gasteiger partial charge is 0.381 e. The monoisotopic (exact) mass is 376 g/mol. The van der Waals surface area contributed by atoms with E-state index in [1.807, 2.05) is 6.07 Å². The van der Waals surface area contributed by atoms with Gasteiger partial charge in [0, 0.05) is 56.0 Å². The summed E-state index contributed by atoms with van der Waals surface area (Å²) >= 11 is 6.17. The maximum absolute atomic E-state index is 6.17. The van der Waals surface area contributed by atoms with Crippen molar-refractivity contribution in [1.82, 2.24) is 15.0 Å². The van der Waals surface area contributed by atoms with Crippen LogP contribution in [-0.2, 0) is 11.3 Å². The number of piperazine rings is 1. The van der Waals surface area contributed by atoms with Gasteiger partial charge in [0.15, 0.2) is 5.82 Å². The first-order valence-electron chi connectivity index (χ1n) is 9.33. The van der Waals surface area contributed by atoms with Gasteiger partial charge in [-0.05, 0) is 37.5 Å². The van der Waals surface area contributed by atoms with Gasteiger partial charge in [-0.2, -0.15) is 4.98 Å². The van der Waals surface area contributed by atoms with Gasteiger partial charge in [-0.25, -0.2) is 0 Å². The van der Waals surface area contributed by atoms with Crippen LogP contribution in [0.15, 0.2) is 22.7 Å². The molecule has 6 nitrogen and oxygen atoms in total. The van der Waals surface area contributed by atoms with Gasteiger partial charge in [0.05, 0.1) is 6.54 Å². The standard InChI is InChI=1S/C19H25ClN4O2/c1-14-2-3-16(20)12-17(14)24-8-6-23(7-9-24)13-18-21-19(26-22-18)15-4-10-25-11-5-15/h2-3,12,15H,4-11,13H2,1H3. The second-order valence-corrected chi connectivity index (χ2v) is 7.57. The van der Waals surface area contributed by atoms with Crippen molar-refractivity contribution in [3.05, 3.63) is 40.5 Å². The molecule has 2 fully saturated rings. The zero-order chi connectivity index (χ0) is 17.9. The third kappa shape index (κ3) is 4.03. The molecule has 2 aliphatic rings. The van der Waals surface area contributed by atoms with E-state index in [9.17, 15) is 0 Å². The summed E-state index contributed by atoms with van der Waals surface area (Å²) in [5.41, 5.74) is 2.50. The molecule has 7 heteroatoms. The molecule has 1 aromatic heterocycles. The lowest BCUT2D eigenvalue weighted by Gasteiger charge is -2.36. The van der Waals surface area contributed by atoms with Gasteiger partial charge in [0.2, 0.25) is 5.89 Å². The minimum absolute atomic E-state index is 0.354. The zero-order valence-electron chi connectivity index (χ0n) is 15.2. The van der Waals surface area contributed by atoms with Crippen molar-refractivity contribution in [2.24, 2.45) is 0 Å². The first-order valence-corrected chi connectivity index (χ1v) is 9.70. The number of anilines is 1. The van der Waals surface area contributed by atoms with Crippen LogP contribution in [0.4, 0.5) is 5.69 Å². The van der Waals surface area contributed by atoms with Gasteiger partial charge in [-0.15, -0.1) is 0 Å². The number of benzene rings is 1. The van der Waals surface area contributed by atoms with Crippen molar-refractivity contribution in [3.63, 3.8) is 0 Å². The Morgan fingerprint density at radius 3 is 2.69 bits per heavy atom. The molecule has 0 unspecified atom stereocenters. The molecule has 4 rings (SSSR count). The van der Waals surface area contributed by atoms with Crippen molar-refractivity contribution in [2.75, 3.05) is 44.3 Å². The highest BCUT2D eigenvalue weighted by molar-refractivity contribution is 6.30. The number of hydrogen-bond acceptors (Lipinski definition) is 6. The van der Waals surface area contributed by atoms with Crippen LogP contribution in [0.2, 0.25) is 5.02 Å². The molecule has 26 heavy (non-hydrogen) atoms. The molecule has 0 atom stereocenters. The average Bonchev–Trinajstić information content (AvgIpc) is 3.14. The van der Waals surface area contributed by atoms with Crippen LogP contribution in [0.3, 0.4) is 0 Å². The summed E-state index contributed by atoms with van der Waals surface area (Å²) in [4.78, 5) is 9.41. The SMILES string of the molecule is Cc1ccc(Cl)cc1N1CCN(Cc2noc(C3CCOCC3)n2)CC1. The van der Waals surface area contributed by atoms with Gasteiger partial charge in [-0.3, -0.25) is 4.90 Å². The van der Waals surface area contributed by atoms with E-state index in [2.05, 4.69) is 39.0 Å². The topological polar surface area (TPSA) is 54.6 Å². The lowest BCUT2D eigenvalue weighted by Crippen LogP contribution is -2.46. The second kappa shape index (κ2) is 7.94. The number of halogens is 1. The Labute approximate surface area is 159 Å². The molecule has 2 aromatic rings. The maximum atomic E-state index is 6.17. The highest BCUT2D eigenvalue weighted by Crippen LogP contribution is 2.27. The summed E-state index contributed by atoms with van der Waals surface area (Å²) in [6, 6.07) is 6.09. The van der Waals surface area contributed by atoms with Crippen molar-refractivity contribution in [2.45, 2.75) is 32.2 Å². The van der Waals surface area contributed by atoms with E-state index in [0.717, 1.165) is 75.5 Å². The molecule has 0 spiro atoms. The molecule has 0 radical (unpaired) electrons. The molecule has 0 saturated carbocycles. The molecule has 1 aromatic carbocycles. The Balaban J connectivity index is 1.32. The predicted molar refractivity (Wildman–Crippen MR) is 101 cm³/mol. The zero-order valence-corrected chi connectivity index (χ0v) is 15.9. The first-order chi connectivity index (χ1) is 12.7. The number of nitrogens with zero attached hydrogens (tertiary/aromatic N) is 4. The Kier molecular flexibility index (Phi) is 5.43. The molecular weight excluding hydrogens is 352 g/mol. The third-order valence-corrected chi connectivity index (χ3v) is 5.54. The van der Waals surface area contributed by atoms with Crippen molar-refractivity contribution in [1.29, 1.82) is 0 Å². The molecule has 0 aliphatic carbocycles. The Morgan fingerprint density at radius 1 is 1.15 bits per heavy atom.